The maximum absolute atomic E-state index is 9.90. The summed E-state index contributed by atoms with van der Waals surface area (Å²) in [4.78, 5) is 0. The molecule has 0 aliphatic rings. The van der Waals surface area contributed by atoms with Crippen LogP contribution in [0.15, 0.2) is 0 Å². The molecule has 0 fully saturated rings. The fourth-order valence-corrected chi connectivity index (χ4v) is 3.80. The molecule has 0 aliphatic heterocycles. The Morgan fingerprint density at radius 1 is 0.812 bits per heavy atom. The molecule has 16 heavy (non-hydrogen) atoms. The third-order valence-corrected chi connectivity index (χ3v) is 4.83. The molecule has 0 aromatic rings. The molecule has 0 aromatic heterocycles. The second-order valence-corrected chi connectivity index (χ2v) is 6.63. The van der Waals surface area contributed by atoms with Crippen molar-refractivity contribution in [1.29, 1.82) is 0 Å². The topological polar surface area (TPSA) is 80.9 Å². The van der Waals surface area contributed by atoms with Gasteiger partial charge in [-0.2, -0.15) is 0 Å². The van der Waals surface area contributed by atoms with Crippen LogP contribution in [0.5, 0.6) is 0 Å². The lowest BCUT2D eigenvalue weighted by atomic mass is 10.1. The second kappa shape index (κ2) is 8.60. The first kappa shape index (κ1) is 16.5. The second-order valence-electron chi connectivity index (χ2n) is 3.49. The molecule has 0 saturated carbocycles. The minimum Gasteiger partial charge on any atom is -0.391 e. The predicted molar refractivity (Wildman–Crippen MR) is 69.8 cm³/mol. The summed E-state index contributed by atoms with van der Waals surface area (Å²) in [5, 5.41) is 38.2. The third-order valence-electron chi connectivity index (χ3n) is 2.13. The summed E-state index contributed by atoms with van der Waals surface area (Å²) in [7, 11) is 0. The molecule has 98 valence electrons. The van der Waals surface area contributed by atoms with E-state index < -0.39 is 24.4 Å². The molecular formula is C10H22O4S2. The fraction of sp³-hybridized carbons (Fsp3) is 1.00. The molecule has 0 amide bonds. The molecule has 0 bridgehead atoms. The first-order chi connectivity index (χ1) is 7.45. The van der Waals surface area contributed by atoms with E-state index in [1.165, 1.54) is 30.4 Å². The largest absolute Gasteiger partial charge is 0.391 e. The standard InChI is InChI=1S/C10H22O4S2/c1-4-15-10(16-5-2)9(14)8(13)7(12)6(3)11/h6-14H,4-5H2,1-3H3/t6-,7+,8+,9+/m0/s1. The van der Waals surface area contributed by atoms with Crippen molar-refractivity contribution >= 4 is 23.5 Å². The minimum absolute atomic E-state index is 0.182. The summed E-state index contributed by atoms with van der Waals surface area (Å²) in [6, 6.07) is 0. The Labute approximate surface area is 105 Å². The summed E-state index contributed by atoms with van der Waals surface area (Å²) in [6.45, 7) is 5.33. The van der Waals surface area contributed by atoms with Gasteiger partial charge in [-0.25, -0.2) is 0 Å². The average Bonchev–Trinajstić information content (AvgIpc) is 2.25. The van der Waals surface area contributed by atoms with Gasteiger partial charge in [0.1, 0.15) is 18.3 Å². The molecule has 0 aliphatic carbocycles. The summed E-state index contributed by atoms with van der Waals surface area (Å²) < 4.78 is -0.182. The molecule has 4 nitrogen and oxygen atoms in total. The van der Waals surface area contributed by atoms with Gasteiger partial charge < -0.3 is 20.4 Å². The summed E-state index contributed by atoms with van der Waals surface area (Å²) in [6.07, 6.45) is -4.72. The Bertz CT molecular complexity index is 172. The van der Waals surface area contributed by atoms with Crippen molar-refractivity contribution in [2.45, 2.75) is 49.8 Å². The summed E-state index contributed by atoms with van der Waals surface area (Å²) in [5.41, 5.74) is 0. The predicted octanol–water partition coefficient (Wildman–Crippen LogP) is 0.282. The van der Waals surface area contributed by atoms with E-state index in [1.54, 1.807) is 0 Å². The van der Waals surface area contributed by atoms with Gasteiger partial charge in [0.2, 0.25) is 0 Å². The van der Waals surface area contributed by atoms with Gasteiger partial charge in [0.15, 0.2) is 0 Å². The van der Waals surface area contributed by atoms with E-state index in [2.05, 4.69) is 0 Å². The van der Waals surface area contributed by atoms with Gasteiger partial charge in [0.05, 0.1) is 10.7 Å². The molecule has 4 atom stereocenters. The van der Waals surface area contributed by atoms with Gasteiger partial charge in [-0.15, -0.1) is 23.5 Å². The third kappa shape index (κ3) is 5.25. The zero-order valence-electron chi connectivity index (χ0n) is 9.91. The highest BCUT2D eigenvalue weighted by Crippen LogP contribution is 2.29. The number of hydrogen-bond donors (Lipinski definition) is 4. The molecule has 6 heteroatoms. The average molecular weight is 270 g/mol. The van der Waals surface area contributed by atoms with Crippen molar-refractivity contribution in [2.24, 2.45) is 0 Å². The molecule has 0 radical (unpaired) electrons. The van der Waals surface area contributed by atoms with Gasteiger partial charge in [-0.05, 0) is 18.4 Å². The molecule has 0 saturated heterocycles. The first-order valence-corrected chi connectivity index (χ1v) is 7.50. The highest BCUT2D eigenvalue weighted by atomic mass is 32.2. The Hall–Kier alpha value is 0.540. The summed E-state index contributed by atoms with van der Waals surface area (Å²) >= 11 is 3.05. The quantitative estimate of drug-likeness (QED) is 0.475. The van der Waals surface area contributed by atoms with E-state index in [0.29, 0.717) is 0 Å². The van der Waals surface area contributed by atoms with Crippen LogP contribution in [0.1, 0.15) is 20.8 Å². The maximum atomic E-state index is 9.90. The number of rotatable bonds is 8. The van der Waals surface area contributed by atoms with Crippen molar-refractivity contribution in [2.75, 3.05) is 11.5 Å². The van der Waals surface area contributed by atoms with E-state index in [9.17, 15) is 15.3 Å². The number of hydrogen-bond acceptors (Lipinski definition) is 6. The highest BCUT2D eigenvalue weighted by Gasteiger charge is 2.33. The van der Waals surface area contributed by atoms with Gasteiger partial charge in [-0.3, -0.25) is 0 Å². The van der Waals surface area contributed by atoms with Crippen molar-refractivity contribution in [3.63, 3.8) is 0 Å². The van der Waals surface area contributed by atoms with E-state index in [4.69, 9.17) is 5.11 Å². The van der Waals surface area contributed by atoms with Gasteiger partial charge >= 0.3 is 0 Å². The Morgan fingerprint density at radius 2 is 1.25 bits per heavy atom. The van der Waals surface area contributed by atoms with Crippen molar-refractivity contribution in [1.82, 2.24) is 0 Å². The minimum atomic E-state index is -1.32. The molecule has 0 rings (SSSR count). The molecule has 0 aromatic carbocycles. The number of aliphatic hydroxyl groups excluding tert-OH is 4. The fourth-order valence-electron chi connectivity index (χ4n) is 1.22. The lowest BCUT2D eigenvalue weighted by molar-refractivity contribution is -0.0952. The first-order valence-electron chi connectivity index (χ1n) is 5.41. The monoisotopic (exact) mass is 270 g/mol. The van der Waals surface area contributed by atoms with Crippen LogP contribution in [0.2, 0.25) is 0 Å². The van der Waals surface area contributed by atoms with Crippen molar-refractivity contribution < 1.29 is 20.4 Å². The molecular weight excluding hydrogens is 248 g/mol. The lowest BCUT2D eigenvalue weighted by Crippen LogP contribution is -2.46. The van der Waals surface area contributed by atoms with E-state index >= 15 is 0 Å². The van der Waals surface area contributed by atoms with Crippen LogP contribution >= 0.6 is 23.5 Å². The normalized spacial score (nSPS) is 19.5. The van der Waals surface area contributed by atoms with E-state index in [0.717, 1.165) is 11.5 Å². The lowest BCUT2D eigenvalue weighted by Gasteiger charge is -2.29. The van der Waals surface area contributed by atoms with Crippen molar-refractivity contribution in [3.05, 3.63) is 0 Å². The van der Waals surface area contributed by atoms with Crippen LogP contribution in [0.3, 0.4) is 0 Å². The highest BCUT2D eigenvalue weighted by molar-refractivity contribution is 8.17. The Kier molecular flexibility index (Phi) is 8.90. The number of aliphatic hydroxyl groups is 4. The number of thioether (sulfide) groups is 2. The Morgan fingerprint density at radius 3 is 1.56 bits per heavy atom. The summed E-state index contributed by atoms with van der Waals surface area (Å²) in [5.74, 6) is 1.65. The molecule has 0 spiro atoms. The smallest absolute Gasteiger partial charge is 0.110 e. The maximum Gasteiger partial charge on any atom is 0.110 e. The van der Waals surface area contributed by atoms with E-state index in [1.807, 2.05) is 13.8 Å². The van der Waals surface area contributed by atoms with Crippen LogP contribution in [0.4, 0.5) is 0 Å². The zero-order chi connectivity index (χ0) is 12.7. The van der Waals surface area contributed by atoms with Crippen LogP contribution in [0, 0.1) is 0 Å². The van der Waals surface area contributed by atoms with E-state index in [-0.39, 0.29) is 4.58 Å². The van der Waals surface area contributed by atoms with Crippen LogP contribution in [0.25, 0.3) is 0 Å². The van der Waals surface area contributed by atoms with Crippen molar-refractivity contribution in [3.8, 4) is 0 Å². The SMILES string of the molecule is CCSC(SCC)[C@H](O)[C@H](O)[C@H](O)[C@H](C)O. The zero-order valence-corrected chi connectivity index (χ0v) is 11.5. The van der Waals surface area contributed by atoms with Crippen LogP contribution in [-0.2, 0) is 0 Å². The van der Waals surface area contributed by atoms with Gasteiger partial charge in [-0.1, -0.05) is 13.8 Å². The van der Waals surface area contributed by atoms with Gasteiger partial charge in [0.25, 0.3) is 0 Å². The molecule has 0 unspecified atom stereocenters. The van der Waals surface area contributed by atoms with Gasteiger partial charge in [0, 0.05) is 0 Å². The molecule has 0 heterocycles. The Balaban J connectivity index is 4.40. The van der Waals surface area contributed by atoms with Crippen LogP contribution < -0.4 is 0 Å². The molecule has 4 N–H and O–H groups in total. The van der Waals surface area contributed by atoms with Crippen LogP contribution in [-0.4, -0.2) is 60.9 Å².